The lowest BCUT2D eigenvalue weighted by Crippen LogP contribution is -1.92. The summed E-state index contributed by atoms with van der Waals surface area (Å²) in [4.78, 5) is 0. The fourth-order valence-electron chi connectivity index (χ4n) is 1.88. The number of fused-ring (bicyclic) bond motifs is 3. The quantitative estimate of drug-likeness (QED) is 0.603. The highest BCUT2D eigenvalue weighted by Crippen LogP contribution is 2.54. The van der Waals surface area contributed by atoms with Crippen molar-refractivity contribution in [2.45, 2.75) is 18.4 Å². The van der Waals surface area contributed by atoms with Gasteiger partial charge in [-0.15, -0.1) is 0 Å². The van der Waals surface area contributed by atoms with E-state index in [1.54, 1.807) is 6.07 Å². The van der Waals surface area contributed by atoms with Gasteiger partial charge in [0.05, 0.1) is 11.6 Å². The van der Waals surface area contributed by atoms with Crippen LogP contribution in [-0.4, -0.2) is 6.10 Å². The number of hydrogen-bond donors (Lipinski definition) is 0. The summed E-state index contributed by atoms with van der Waals surface area (Å²) in [6.07, 6.45) is 1.11. The minimum Gasteiger partial charge on any atom is -0.489 e. The maximum atomic E-state index is 13.4. The Morgan fingerprint density at radius 2 is 2.38 bits per heavy atom. The van der Waals surface area contributed by atoms with E-state index < -0.39 is 0 Å². The van der Waals surface area contributed by atoms with Crippen LogP contribution in [-0.2, 0) is 0 Å². The second kappa shape index (κ2) is 2.02. The van der Waals surface area contributed by atoms with Gasteiger partial charge >= 0.3 is 0 Å². The van der Waals surface area contributed by atoms with Gasteiger partial charge in [0.2, 0.25) is 0 Å². The van der Waals surface area contributed by atoms with E-state index in [1.807, 2.05) is 6.07 Å². The summed E-state index contributed by atoms with van der Waals surface area (Å²) in [6, 6.07) is 4.80. The van der Waals surface area contributed by atoms with Gasteiger partial charge in [0.1, 0.15) is 17.7 Å². The van der Waals surface area contributed by atoms with Gasteiger partial charge in [-0.25, -0.2) is 4.39 Å². The second-order valence-corrected chi connectivity index (χ2v) is 3.48. The highest BCUT2D eigenvalue weighted by atomic mass is 19.1. The normalized spacial score (nSPS) is 27.1. The van der Waals surface area contributed by atoms with Gasteiger partial charge < -0.3 is 4.74 Å². The van der Waals surface area contributed by atoms with Crippen molar-refractivity contribution < 1.29 is 9.13 Å². The summed E-state index contributed by atoms with van der Waals surface area (Å²) < 4.78 is 18.8. The monoisotopic (exact) mass is 175 g/mol. The molecular weight excluding hydrogens is 169 g/mol. The Kier molecular flexibility index (Phi) is 1.07. The molecule has 2 aliphatic rings. The van der Waals surface area contributed by atoms with Crippen LogP contribution in [0.2, 0.25) is 0 Å². The summed E-state index contributed by atoms with van der Waals surface area (Å²) in [6.45, 7) is 0. The molecule has 0 bridgehead atoms. The van der Waals surface area contributed by atoms with Gasteiger partial charge in [0, 0.05) is 11.5 Å². The predicted octanol–water partition coefficient (Wildman–Crippen LogP) is 1.95. The van der Waals surface area contributed by atoms with Crippen molar-refractivity contribution in [2.24, 2.45) is 0 Å². The Hall–Kier alpha value is -1.56. The number of nitriles is 1. The minimum absolute atomic E-state index is 0.179. The maximum Gasteiger partial charge on any atom is 0.131 e. The van der Waals surface area contributed by atoms with Crippen molar-refractivity contribution in [2.75, 3.05) is 0 Å². The molecule has 0 saturated heterocycles. The van der Waals surface area contributed by atoms with Gasteiger partial charge in [-0.2, -0.15) is 5.26 Å². The molecule has 2 atom stereocenters. The Labute approximate surface area is 74.6 Å². The van der Waals surface area contributed by atoms with Crippen LogP contribution < -0.4 is 4.74 Å². The number of nitrogens with zero attached hydrogens (tertiary/aromatic N) is 1. The summed E-state index contributed by atoms with van der Waals surface area (Å²) in [5, 5.41) is 8.60. The van der Waals surface area contributed by atoms with Crippen molar-refractivity contribution >= 4 is 0 Å². The third-order valence-corrected chi connectivity index (χ3v) is 2.60. The molecule has 64 valence electrons. The van der Waals surface area contributed by atoms with E-state index in [4.69, 9.17) is 10.00 Å². The lowest BCUT2D eigenvalue weighted by Gasteiger charge is -2.03. The Morgan fingerprint density at radius 1 is 1.54 bits per heavy atom. The number of benzene rings is 1. The molecule has 3 heteroatoms. The fourth-order valence-corrected chi connectivity index (χ4v) is 1.88. The standard InChI is InChI=1S/C10H6FNO/c11-7-1-5(4-12)2-9-10(7)6-3-8(6)13-9/h1-2,6,8H,3H2. The molecule has 0 aromatic heterocycles. The molecule has 0 amide bonds. The predicted molar refractivity (Wildman–Crippen MR) is 42.9 cm³/mol. The molecule has 1 fully saturated rings. The molecule has 1 aromatic rings. The molecule has 1 aliphatic carbocycles. The summed E-state index contributed by atoms with van der Waals surface area (Å²) >= 11 is 0. The van der Waals surface area contributed by atoms with Gasteiger partial charge in [0.15, 0.2) is 0 Å². The first-order valence-electron chi connectivity index (χ1n) is 4.20. The van der Waals surface area contributed by atoms with E-state index in [0.29, 0.717) is 16.9 Å². The minimum atomic E-state index is -0.293. The zero-order valence-electron chi connectivity index (χ0n) is 6.75. The van der Waals surface area contributed by atoms with Crippen LogP contribution in [0, 0.1) is 17.1 Å². The lowest BCUT2D eigenvalue weighted by molar-refractivity contribution is 0.318. The second-order valence-electron chi connectivity index (χ2n) is 3.48. The highest BCUT2D eigenvalue weighted by Gasteiger charge is 2.49. The number of ether oxygens (including phenoxy) is 1. The van der Waals surface area contributed by atoms with Gasteiger partial charge in [-0.3, -0.25) is 0 Å². The molecule has 1 aromatic carbocycles. The van der Waals surface area contributed by atoms with Crippen molar-refractivity contribution in [3.8, 4) is 11.8 Å². The van der Waals surface area contributed by atoms with Crippen LogP contribution in [0.5, 0.6) is 5.75 Å². The van der Waals surface area contributed by atoms with Crippen LogP contribution >= 0.6 is 0 Å². The van der Waals surface area contributed by atoms with Crippen LogP contribution in [0.25, 0.3) is 0 Å². The summed E-state index contributed by atoms with van der Waals surface area (Å²) in [7, 11) is 0. The largest absolute Gasteiger partial charge is 0.489 e. The first-order valence-corrected chi connectivity index (χ1v) is 4.20. The first kappa shape index (κ1) is 6.90. The average Bonchev–Trinajstić information content (AvgIpc) is 2.76. The smallest absolute Gasteiger partial charge is 0.131 e. The van der Waals surface area contributed by atoms with Crippen LogP contribution in [0.3, 0.4) is 0 Å². The fraction of sp³-hybridized carbons (Fsp3) is 0.300. The summed E-state index contributed by atoms with van der Waals surface area (Å²) in [5.41, 5.74) is 1.00. The molecular formula is C10H6FNO. The molecule has 3 rings (SSSR count). The van der Waals surface area contributed by atoms with Crippen molar-refractivity contribution in [3.05, 3.63) is 29.1 Å². The number of hydrogen-bond acceptors (Lipinski definition) is 2. The van der Waals surface area contributed by atoms with E-state index >= 15 is 0 Å². The Morgan fingerprint density at radius 3 is 3.15 bits per heavy atom. The van der Waals surface area contributed by atoms with Gasteiger partial charge in [-0.05, 0) is 18.6 Å². The molecule has 2 nitrogen and oxygen atoms in total. The molecule has 0 spiro atoms. The van der Waals surface area contributed by atoms with Crippen molar-refractivity contribution in [3.63, 3.8) is 0 Å². The average molecular weight is 175 g/mol. The van der Waals surface area contributed by atoms with E-state index in [-0.39, 0.29) is 17.8 Å². The van der Waals surface area contributed by atoms with E-state index in [1.165, 1.54) is 6.07 Å². The Bertz CT molecular complexity index is 435. The van der Waals surface area contributed by atoms with Crippen LogP contribution in [0.1, 0.15) is 23.5 Å². The topological polar surface area (TPSA) is 33.0 Å². The lowest BCUT2D eigenvalue weighted by atomic mass is 10.1. The SMILES string of the molecule is N#Cc1cc(F)c2c(c1)OC1CC21. The van der Waals surface area contributed by atoms with Gasteiger partial charge in [-0.1, -0.05) is 0 Å². The molecule has 1 aliphatic heterocycles. The van der Waals surface area contributed by atoms with E-state index in [9.17, 15) is 4.39 Å². The molecule has 1 saturated carbocycles. The molecule has 13 heavy (non-hydrogen) atoms. The van der Waals surface area contributed by atoms with Crippen molar-refractivity contribution in [1.29, 1.82) is 5.26 Å². The van der Waals surface area contributed by atoms with Crippen LogP contribution in [0.15, 0.2) is 12.1 Å². The molecule has 2 unspecified atom stereocenters. The maximum absolute atomic E-state index is 13.4. The zero-order valence-corrected chi connectivity index (χ0v) is 6.75. The molecule has 1 heterocycles. The number of rotatable bonds is 0. The number of halogens is 1. The van der Waals surface area contributed by atoms with Gasteiger partial charge in [0.25, 0.3) is 0 Å². The zero-order chi connectivity index (χ0) is 9.00. The Balaban J connectivity index is 2.22. The summed E-state index contributed by atoms with van der Waals surface area (Å²) in [5.74, 6) is 0.527. The third kappa shape index (κ3) is 0.803. The third-order valence-electron chi connectivity index (χ3n) is 2.60. The van der Waals surface area contributed by atoms with E-state index in [0.717, 1.165) is 6.42 Å². The van der Waals surface area contributed by atoms with Crippen LogP contribution in [0.4, 0.5) is 4.39 Å². The molecule has 0 N–H and O–H groups in total. The molecule has 0 radical (unpaired) electrons. The van der Waals surface area contributed by atoms with Crippen molar-refractivity contribution in [1.82, 2.24) is 0 Å². The highest BCUT2D eigenvalue weighted by molar-refractivity contribution is 5.51. The first-order chi connectivity index (χ1) is 6.29. The van der Waals surface area contributed by atoms with E-state index in [2.05, 4.69) is 0 Å².